The van der Waals surface area contributed by atoms with Crippen LogP contribution in [0.15, 0.2) is 54.7 Å². The summed E-state index contributed by atoms with van der Waals surface area (Å²) >= 11 is -0.303. The van der Waals surface area contributed by atoms with E-state index in [0.717, 1.165) is 5.69 Å². The molecular formula is C20H18F3N3O2S. The van der Waals surface area contributed by atoms with Gasteiger partial charge in [0.1, 0.15) is 5.75 Å². The highest BCUT2D eigenvalue weighted by Gasteiger charge is 2.31. The average molecular weight is 421 g/mol. The number of halogens is 3. The second kappa shape index (κ2) is 8.00. The zero-order chi connectivity index (χ0) is 20.4. The molecule has 2 unspecified atom stereocenters. The summed E-state index contributed by atoms with van der Waals surface area (Å²) in [4.78, 5) is 0. The van der Waals surface area contributed by atoms with Gasteiger partial charge in [-0.05, 0) is 30.2 Å². The van der Waals surface area contributed by atoms with Gasteiger partial charge in [0.15, 0.2) is 0 Å². The van der Waals surface area contributed by atoms with E-state index in [4.69, 9.17) is 4.74 Å². The number of fused-ring (bicyclic) bond motifs is 1. The normalized spacial score (nSPS) is 18.8. The van der Waals surface area contributed by atoms with Crippen LogP contribution in [0.25, 0.3) is 11.1 Å². The lowest BCUT2D eigenvalue weighted by Crippen LogP contribution is -2.27. The maximum Gasteiger partial charge on any atom is 0.461 e. The fourth-order valence-electron chi connectivity index (χ4n) is 3.40. The maximum absolute atomic E-state index is 12.6. The van der Waals surface area contributed by atoms with Crippen molar-refractivity contribution in [2.45, 2.75) is 18.0 Å². The van der Waals surface area contributed by atoms with Gasteiger partial charge >= 0.3 is 5.51 Å². The van der Waals surface area contributed by atoms with E-state index in [-0.39, 0.29) is 17.9 Å². The molecule has 29 heavy (non-hydrogen) atoms. The van der Waals surface area contributed by atoms with Crippen molar-refractivity contribution in [1.82, 2.24) is 10.2 Å². The number of benzene rings is 2. The van der Waals surface area contributed by atoms with Gasteiger partial charge in [-0.15, -0.1) is 0 Å². The van der Waals surface area contributed by atoms with Crippen molar-refractivity contribution in [2.75, 3.05) is 11.3 Å². The highest BCUT2D eigenvalue weighted by molar-refractivity contribution is 8.01. The summed E-state index contributed by atoms with van der Waals surface area (Å²) in [5.74, 6) is 0.417. The van der Waals surface area contributed by atoms with Gasteiger partial charge in [0.05, 0.1) is 30.3 Å². The van der Waals surface area contributed by atoms with E-state index in [1.165, 1.54) is 0 Å². The second-order valence-electron chi connectivity index (χ2n) is 6.75. The first-order chi connectivity index (χ1) is 13.9. The first-order valence-electron chi connectivity index (χ1n) is 8.94. The van der Waals surface area contributed by atoms with Gasteiger partial charge < -0.3 is 14.6 Å². The van der Waals surface area contributed by atoms with E-state index in [2.05, 4.69) is 14.9 Å². The molecular weight excluding hydrogens is 403 g/mol. The van der Waals surface area contributed by atoms with Crippen LogP contribution in [-0.2, 0) is 6.42 Å². The molecule has 0 bridgehead atoms. The van der Waals surface area contributed by atoms with Crippen molar-refractivity contribution in [1.29, 1.82) is 0 Å². The number of aliphatic hydroxyl groups is 1. The Morgan fingerprint density at radius 3 is 2.79 bits per heavy atom. The minimum atomic E-state index is -4.39. The predicted octanol–water partition coefficient (Wildman–Crippen LogP) is 4.94. The Morgan fingerprint density at radius 1 is 1.21 bits per heavy atom. The quantitative estimate of drug-likeness (QED) is 0.509. The van der Waals surface area contributed by atoms with Crippen LogP contribution in [0.4, 0.5) is 18.9 Å². The van der Waals surface area contributed by atoms with Crippen LogP contribution in [0.3, 0.4) is 0 Å². The zero-order valence-corrected chi connectivity index (χ0v) is 15.9. The summed E-state index contributed by atoms with van der Waals surface area (Å²) in [7, 11) is 0. The number of hydrogen-bond acceptors (Lipinski definition) is 5. The molecule has 0 saturated carbocycles. The molecule has 1 aliphatic rings. The Bertz CT molecular complexity index is 979. The molecule has 2 aromatic carbocycles. The highest BCUT2D eigenvalue weighted by Crippen LogP contribution is 2.41. The number of ether oxygens (including phenoxy) is 1. The molecule has 3 N–H and O–H groups in total. The largest absolute Gasteiger partial charge is 0.493 e. The SMILES string of the molecule is OC1c2ccc(-c3ccccc3NSC(F)(F)F)cc2OCC1Cc1ccn[nH]1. The molecule has 0 saturated heterocycles. The van der Waals surface area contributed by atoms with Gasteiger partial charge in [0.25, 0.3) is 0 Å². The van der Waals surface area contributed by atoms with Crippen molar-refractivity contribution in [3.05, 3.63) is 66.0 Å². The molecule has 0 amide bonds. The Labute approximate surface area is 169 Å². The summed E-state index contributed by atoms with van der Waals surface area (Å²) in [6.07, 6.45) is 1.56. The molecule has 5 nitrogen and oxygen atoms in total. The van der Waals surface area contributed by atoms with Crippen LogP contribution in [0.1, 0.15) is 17.4 Å². The molecule has 152 valence electrons. The lowest BCUT2D eigenvalue weighted by molar-refractivity contribution is -0.0323. The fraction of sp³-hybridized carbons (Fsp3) is 0.250. The number of rotatable bonds is 5. The summed E-state index contributed by atoms with van der Waals surface area (Å²) in [6.45, 7) is 0.334. The third kappa shape index (κ3) is 4.51. The van der Waals surface area contributed by atoms with E-state index < -0.39 is 11.6 Å². The molecule has 4 rings (SSSR count). The van der Waals surface area contributed by atoms with E-state index in [9.17, 15) is 18.3 Å². The van der Waals surface area contributed by atoms with Crippen molar-refractivity contribution in [2.24, 2.45) is 5.92 Å². The first-order valence-corrected chi connectivity index (χ1v) is 9.75. The number of aromatic amines is 1. The minimum Gasteiger partial charge on any atom is -0.493 e. The Kier molecular flexibility index (Phi) is 5.42. The van der Waals surface area contributed by atoms with Crippen molar-refractivity contribution in [3.63, 3.8) is 0 Å². The molecule has 0 spiro atoms. The smallest absolute Gasteiger partial charge is 0.461 e. The van der Waals surface area contributed by atoms with Gasteiger partial charge in [-0.1, -0.05) is 30.3 Å². The topological polar surface area (TPSA) is 70.2 Å². The fourth-order valence-corrected chi connectivity index (χ4v) is 3.80. The summed E-state index contributed by atoms with van der Waals surface area (Å²) < 4.78 is 45.9. The summed E-state index contributed by atoms with van der Waals surface area (Å²) in [5.41, 5.74) is -1.14. The highest BCUT2D eigenvalue weighted by atomic mass is 32.2. The number of nitrogens with zero attached hydrogens (tertiary/aromatic N) is 1. The van der Waals surface area contributed by atoms with Crippen molar-refractivity contribution in [3.8, 4) is 16.9 Å². The molecule has 0 radical (unpaired) electrons. The number of H-pyrrole nitrogens is 1. The van der Waals surface area contributed by atoms with Crippen molar-refractivity contribution >= 4 is 17.6 Å². The zero-order valence-electron chi connectivity index (χ0n) is 15.1. The number of anilines is 1. The molecule has 9 heteroatoms. The molecule has 1 aliphatic heterocycles. The maximum atomic E-state index is 12.6. The van der Waals surface area contributed by atoms with Crippen LogP contribution in [0.2, 0.25) is 0 Å². The number of para-hydroxylation sites is 1. The third-order valence-electron chi connectivity index (χ3n) is 4.79. The van der Waals surface area contributed by atoms with Gasteiger partial charge in [0, 0.05) is 28.9 Å². The molecule has 0 fully saturated rings. The number of aromatic nitrogens is 2. The van der Waals surface area contributed by atoms with Crippen LogP contribution < -0.4 is 9.46 Å². The average Bonchev–Trinajstić information content (AvgIpc) is 3.21. The number of hydrogen-bond donors (Lipinski definition) is 3. The third-order valence-corrected chi connectivity index (χ3v) is 5.34. The molecule has 2 atom stereocenters. The number of aliphatic hydroxyl groups excluding tert-OH is 1. The lowest BCUT2D eigenvalue weighted by atomic mass is 9.88. The predicted molar refractivity (Wildman–Crippen MR) is 105 cm³/mol. The lowest BCUT2D eigenvalue weighted by Gasteiger charge is -2.30. The second-order valence-corrected chi connectivity index (χ2v) is 7.62. The first kappa shape index (κ1) is 19.7. The molecule has 2 heterocycles. The minimum absolute atomic E-state index is 0.120. The van der Waals surface area contributed by atoms with Crippen LogP contribution in [0, 0.1) is 5.92 Å². The standard InChI is InChI=1S/C20H18F3N3O2S/c21-20(22,23)29-26-17-4-2-1-3-15(17)12-5-6-16-18(10-12)28-11-13(19(16)27)9-14-7-8-24-25-14/h1-8,10,13,19,26-27H,9,11H2,(H,24,25). The van der Waals surface area contributed by atoms with E-state index in [0.29, 0.717) is 41.2 Å². The summed E-state index contributed by atoms with van der Waals surface area (Å²) in [6, 6.07) is 13.9. The van der Waals surface area contributed by atoms with Gasteiger partial charge in [-0.3, -0.25) is 5.10 Å². The summed E-state index contributed by atoms with van der Waals surface area (Å²) in [5, 5.41) is 17.6. The number of nitrogens with one attached hydrogen (secondary N) is 2. The monoisotopic (exact) mass is 421 g/mol. The molecule has 3 aromatic rings. The van der Waals surface area contributed by atoms with Crippen LogP contribution >= 0.6 is 11.9 Å². The van der Waals surface area contributed by atoms with E-state index >= 15 is 0 Å². The number of alkyl halides is 3. The van der Waals surface area contributed by atoms with Gasteiger partial charge in [0.2, 0.25) is 0 Å². The molecule has 0 aliphatic carbocycles. The van der Waals surface area contributed by atoms with Gasteiger partial charge in [-0.25, -0.2) is 0 Å². The van der Waals surface area contributed by atoms with E-state index in [1.807, 2.05) is 6.07 Å². The Morgan fingerprint density at radius 2 is 2.03 bits per heavy atom. The van der Waals surface area contributed by atoms with Crippen LogP contribution in [-0.4, -0.2) is 27.4 Å². The van der Waals surface area contributed by atoms with Crippen molar-refractivity contribution < 1.29 is 23.0 Å². The Balaban J connectivity index is 1.57. The Hall–Kier alpha value is -2.65. The van der Waals surface area contributed by atoms with Crippen LogP contribution in [0.5, 0.6) is 5.75 Å². The van der Waals surface area contributed by atoms with E-state index in [1.54, 1.807) is 48.7 Å². The molecule has 1 aromatic heterocycles. The van der Waals surface area contributed by atoms with Gasteiger partial charge in [-0.2, -0.15) is 18.3 Å².